The van der Waals surface area contributed by atoms with E-state index < -0.39 is 12.0 Å². The zero-order valence-electron chi connectivity index (χ0n) is 19.0. The van der Waals surface area contributed by atoms with Crippen molar-refractivity contribution in [3.05, 3.63) is 77.2 Å². The molecule has 0 spiro atoms. The van der Waals surface area contributed by atoms with Gasteiger partial charge in [0.25, 0.3) is 5.91 Å². The van der Waals surface area contributed by atoms with E-state index in [1.54, 1.807) is 49.6 Å². The number of likely N-dealkylation sites (N-methyl/N-ethyl adjacent to an activating group) is 1. The van der Waals surface area contributed by atoms with Crippen molar-refractivity contribution in [1.82, 2.24) is 10.2 Å². The van der Waals surface area contributed by atoms with Crippen LogP contribution in [0.25, 0.3) is 0 Å². The Labute approximate surface area is 192 Å². The Bertz CT molecular complexity index is 1140. The van der Waals surface area contributed by atoms with E-state index in [-0.39, 0.29) is 18.4 Å². The minimum Gasteiger partial charge on any atom is -0.497 e. The van der Waals surface area contributed by atoms with Crippen molar-refractivity contribution in [3.8, 4) is 17.2 Å². The summed E-state index contributed by atoms with van der Waals surface area (Å²) in [4.78, 5) is 28.5. The molecule has 2 atom stereocenters. The maximum absolute atomic E-state index is 13.6. The second kappa shape index (κ2) is 9.28. The summed E-state index contributed by atoms with van der Waals surface area (Å²) in [5.41, 5.74) is 1.79. The predicted molar refractivity (Wildman–Crippen MR) is 121 cm³/mol. The van der Waals surface area contributed by atoms with E-state index in [9.17, 15) is 9.59 Å². The molecule has 8 nitrogen and oxygen atoms in total. The average molecular weight is 450 g/mol. The summed E-state index contributed by atoms with van der Waals surface area (Å²) in [6, 6.07) is 13.7. The van der Waals surface area contributed by atoms with Crippen LogP contribution in [0.1, 0.15) is 39.2 Å². The third-order valence-electron chi connectivity index (χ3n) is 5.93. The van der Waals surface area contributed by atoms with Gasteiger partial charge in [0.1, 0.15) is 11.5 Å². The number of carbonyl (C=O) groups is 2. The SMILES string of the molecule is COc1ccc([C@H]2[C@H](C(=O)NCc3ccco3)c3cc(OC)c(OC)cc3C(=O)N2C)cc1. The van der Waals surface area contributed by atoms with Gasteiger partial charge in [-0.25, -0.2) is 0 Å². The lowest BCUT2D eigenvalue weighted by atomic mass is 9.79. The number of amides is 2. The number of nitrogens with zero attached hydrogens (tertiary/aromatic N) is 1. The molecule has 1 aliphatic heterocycles. The summed E-state index contributed by atoms with van der Waals surface area (Å²) in [6.45, 7) is 0.234. The van der Waals surface area contributed by atoms with Gasteiger partial charge in [0.2, 0.25) is 5.91 Å². The first-order chi connectivity index (χ1) is 16.0. The summed E-state index contributed by atoms with van der Waals surface area (Å²) in [6.07, 6.45) is 1.56. The molecule has 1 N–H and O–H groups in total. The molecule has 0 saturated carbocycles. The van der Waals surface area contributed by atoms with Gasteiger partial charge in [0, 0.05) is 12.6 Å². The highest BCUT2D eigenvalue weighted by atomic mass is 16.5. The second-order valence-corrected chi connectivity index (χ2v) is 7.70. The molecule has 0 radical (unpaired) electrons. The van der Waals surface area contributed by atoms with E-state index in [4.69, 9.17) is 18.6 Å². The Morgan fingerprint density at radius 3 is 2.33 bits per heavy atom. The molecule has 1 aromatic heterocycles. The number of rotatable bonds is 7. The molecule has 33 heavy (non-hydrogen) atoms. The number of carbonyl (C=O) groups excluding carboxylic acids is 2. The Hall–Kier alpha value is -3.94. The Balaban J connectivity index is 1.82. The number of nitrogens with one attached hydrogen (secondary N) is 1. The van der Waals surface area contributed by atoms with Gasteiger partial charge in [-0.2, -0.15) is 0 Å². The van der Waals surface area contributed by atoms with Crippen LogP contribution >= 0.6 is 0 Å². The van der Waals surface area contributed by atoms with Crippen LogP contribution in [0.4, 0.5) is 0 Å². The first kappa shape index (κ1) is 22.3. The van der Waals surface area contributed by atoms with Crippen LogP contribution in [0.3, 0.4) is 0 Å². The van der Waals surface area contributed by atoms with E-state index in [2.05, 4.69) is 5.32 Å². The lowest BCUT2D eigenvalue weighted by Gasteiger charge is -2.40. The first-order valence-electron chi connectivity index (χ1n) is 10.5. The molecule has 3 aromatic rings. The first-order valence-corrected chi connectivity index (χ1v) is 10.5. The zero-order chi connectivity index (χ0) is 23.5. The molecule has 2 aromatic carbocycles. The molecule has 0 fully saturated rings. The largest absolute Gasteiger partial charge is 0.497 e. The van der Waals surface area contributed by atoms with Crippen molar-refractivity contribution >= 4 is 11.8 Å². The molecule has 8 heteroatoms. The van der Waals surface area contributed by atoms with Gasteiger partial charge < -0.3 is 28.8 Å². The summed E-state index contributed by atoms with van der Waals surface area (Å²) >= 11 is 0. The highest BCUT2D eigenvalue weighted by molar-refractivity contribution is 6.02. The standard InChI is InChI=1S/C25H26N2O6/c1-27-23(15-7-9-16(30-2)10-8-15)22(24(28)26-14-17-6-5-11-33-17)18-12-20(31-3)21(32-4)13-19(18)25(27)29/h5-13,22-23H,14H2,1-4H3,(H,26,28)/t22-,23+/m1/s1. The molecular formula is C25H26N2O6. The average Bonchev–Trinajstić information content (AvgIpc) is 3.37. The van der Waals surface area contributed by atoms with Crippen LogP contribution < -0.4 is 19.5 Å². The molecule has 0 aliphatic carbocycles. The third-order valence-corrected chi connectivity index (χ3v) is 5.93. The maximum Gasteiger partial charge on any atom is 0.254 e. The van der Waals surface area contributed by atoms with Gasteiger partial charge in [0.15, 0.2) is 11.5 Å². The van der Waals surface area contributed by atoms with Crippen LogP contribution in [0.2, 0.25) is 0 Å². The van der Waals surface area contributed by atoms with Crippen LogP contribution in [-0.4, -0.2) is 45.1 Å². The number of hydrogen-bond acceptors (Lipinski definition) is 6. The molecule has 0 unspecified atom stereocenters. The fourth-order valence-electron chi connectivity index (χ4n) is 4.25. The second-order valence-electron chi connectivity index (χ2n) is 7.70. The fourth-order valence-corrected chi connectivity index (χ4v) is 4.25. The highest BCUT2D eigenvalue weighted by Gasteiger charge is 2.43. The Morgan fingerprint density at radius 1 is 1.03 bits per heavy atom. The molecule has 1 aliphatic rings. The van der Waals surface area contributed by atoms with E-state index in [1.807, 2.05) is 24.3 Å². The lowest BCUT2D eigenvalue weighted by Crippen LogP contribution is -2.45. The van der Waals surface area contributed by atoms with Gasteiger partial charge in [-0.15, -0.1) is 0 Å². The van der Waals surface area contributed by atoms with Crippen molar-refractivity contribution in [2.24, 2.45) is 0 Å². The normalized spacial score (nSPS) is 17.3. The van der Waals surface area contributed by atoms with Gasteiger partial charge in [0.05, 0.1) is 46.1 Å². The topological polar surface area (TPSA) is 90.2 Å². The minimum atomic E-state index is -0.689. The van der Waals surface area contributed by atoms with Gasteiger partial charge in [-0.05, 0) is 47.5 Å². The number of ether oxygens (including phenoxy) is 3. The zero-order valence-corrected chi connectivity index (χ0v) is 19.0. The van der Waals surface area contributed by atoms with Crippen LogP contribution in [-0.2, 0) is 11.3 Å². The van der Waals surface area contributed by atoms with Crippen molar-refractivity contribution < 1.29 is 28.2 Å². The Kier molecular flexibility index (Phi) is 6.26. The summed E-state index contributed by atoms with van der Waals surface area (Å²) in [5, 5.41) is 2.95. The van der Waals surface area contributed by atoms with Crippen molar-refractivity contribution in [2.75, 3.05) is 28.4 Å². The van der Waals surface area contributed by atoms with Crippen LogP contribution in [0.5, 0.6) is 17.2 Å². The highest BCUT2D eigenvalue weighted by Crippen LogP contribution is 2.45. The number of fused-ring (bicyclic) bond motifs is 1. The molecule has 2 amide bonds. The van der Waals surface area contributed by atoms with Gasteiger partial charge >= 0.3 is 0 Å². The molecule has 4 rings (SSSR count). The Morgan fingerprint density at radius 2 is 1.73 bits per heavy atom. The van der Waals surface area contributed by atoms with Gasteiger partial charge in [-0.3, -0.25) is 9.59 Å². The monoisotopic (exact) mass is 450 g/mol. The molecule has 0 saturated heterocycles. The van der Waals surface area contributed by atoms with Crippen LogP contribution in [0, 0.1) is 0 Å². The van der Waals surface area contributed by atoms with Crippen molar-refractivity contribution in [2.45, 2.75) is 18.5 Å². The summed E-state index contributed by atoms with van der Waals surface area (Å²) < 4.78 is 21.5. The van der Waals surface area contributed by atoms with Crippen molar-refractivity contribution in [3.63, 3.8) is 0 Å². The minimum absolute atomic E-state index is 0.207. The smallest absolute Gasteiger partial charge is 0.254 e. The number of furan rings is 1. The summed E-state index contributed by atoms with van der Waals surface area (Å²) in [7, 11) is 6.32. The predicted octanol–water partition coefficient (Wildman–Crippen LogP) is 3.53. The summed E-state index contributed by atoms with van der Waals surface area (Å²) in [5.74, 6) is 1.07. The number of methoxy groups -OCH3 is 3. The van der Waals surface area contributed by atoms with E-state index in [1.165, 1.54) is 14.2 Å². The number of hydrogen-bond donors (Lipinski definition) is 1. The quantitative estimate of drug-likeness (QED) is 0.592. The third kappa shape index (κ3) is 4.11. The molecule has 2 heterocycles. The number of benzene rings is 2. The lowest BCUT2D eigenvalue weighted by molar-refractivity contribution is -0.124. The van der Waals surface area contributed by atoms with Gasteiger partial charge in [-0.1, -0.05) is 12.1 Å². The van der Waals surface area contributed by atoms with E-state index in [0.29, 0.717) is 34.1 Å². The van der Waals surface area contributed by atoms with Crippen molar-refractivity contribution in [1.29, 1.82) is 0 Å². The van der Waals surface area contributed by atoms with E-state index in [0.717, 1.165) is 5.56 Å². The van der Waals surface area contributed by atoms with E-state index >= 15 is 0 Å². The molecule has 0 bridgehead atoms. The van der Waals surface area contributed by atoms with Crippen LogP contribution in [0.15, 0.2) is 59.2 Å². The fraction of sp³-hybridized carbons (Fsp3) is 0.280. The molecule has 172 valence electrons. The maximum atomic E-state index is 13.6. The molecular weight excluding hydrogens is 424 g/mol.